The van der Waals surface area contributed by atoms with Crippen LogP contribution in [0.15, 0.2) is 30.6 Å². The van der Waals surface area contributed by atoms with Gasteiger partial charge in [0.25, 0.3) is 0 Å². The van der Waals surface area contributed by atoms with Crippen LogP contribution >= 0.6 is 0 Å². The van der Waals surface area contributed by atoms with E-state index in [2.05, 4.69) is 10.3 Å². The second-order valence-corrected chi connectivity index (χ2v) is 4.01. The molecule has 0 spiro atoms. The van der Waals surface area contributed by atoms with E-state index in [1.807, 2.05) is 19.1 Å². The van der Waals surface area contributed by atoms with E-state index in [1.165, 1.54) is 0 Å². The highest BCUT2D eigenvalue weighted by molar-refractivity contribution is 5.73. The first kappa shape index (κ1) is 10.7. The summed E-state index contributed by atoms with van der Waals surface area (Å²) >= 11 is 0. The van der Waals surface area contributed by atoms with Crippen LogP contribution in [0.3, 0.4) is 0 Å². The van der Waals surface area contributed by atoms with Crippen LogP contribution < -0.4 is 5.32 Å². The van der Waals surface area contributed by atoms with E-state index in [9.17, 15) is 4.79 Å². The molecule has 2 N–H and O–H groups in total. The van der Waals surface area contributed by atoms with Gasteiger partial charge in [0, 0.05) is 24.1 Å². The highest BCUT2D eigenvalue weighted by Crippen LogP contribution is 2.22. The summed E-state index contributed by atoms with van der Waals surface area (Å²) in [5.74, 6) is -1.12. The minimum absolute atomic E-state index is 0.0993. The molecule has 0 aliphatic heterocycles. The largest absolute Gasteiger partial charge is 0.481 e. The monoisotopic (exact) mass is 218 g/mol. The van der Waals surface area contributed by atoms with Crippen LogP contribution in [0.5, 0.6) is 0 Å². The average Bonchev–Trinajstić information content (AvgIpc) is 2.70. The number of rotatable bonds is 3. The van der Waals surface area contributed by atoms with E-state index in [4.69, 9.17) is 5.11 Å². The Morgan fingerprint density at radius 2 is 2.38 bits per heavy atom. The first-order chi connectivity index (χ1) is 7.66. The molecule has 1 aromatic rings. The minimum atomic E-state index is -0.757. The molecule has 0 radical (unpaired) electrons. The van der Waals surface area contributed by atoms with E-state index >= 15 is 0 Å². The normalized spacial score (nSPS) is 23.3. The standard InChI is InChI=1S/C12H14N2O2/c1-8-7-13-5-4-11(8)14-10-3-2-9(6-10)12(15)16/h2-5,7,9-10H,6H2,1H3,(H,13,14)(H,15,16). The number of carboxylic acids is 1. The molecule has 1 aromatic heterocycles. The SMILES string of the molecule is Cc1cnccc1NC1C=CC(C(=O)O)C1. The molecule has 0 bridgehead atoms. The molecule has 1 aliphatic rings. The molecule has 0 fully saturated rings. The zero-order chi connectivity index (χ0) is 11.5. The van der Waals surface area contributed by atoms with Crippen LogP contribution in [0.25, 0.3) is 0 Å². The third-order valence-electron chi connectivity index (χ3n) is 2.76. The number of carboxylic acid groups (broad SMARTS) is 1. The first-order valence-corrected chi connectivity index (χ1v) is 5.25. The topological polar surface area (TPSA) is 62.2 Å². The summed E-state index contributed by atoms with van der Waals surface area (Å²) < 4.78 is 0. The quantitative estimate of drug-likeness (QED) is 0.760. The molecular formula is C12H14N2O2. The first-order valence-electron chi connectivity index (χ1n) is 5.25. The number of anilines is 1. The predicted octanol–water partition coefficient (Wildman–Crippen LogP) is 1.83. The molecule has 1 aliphatic carbocycles. The van der Waals surface area contributed by atoms with Gasteiger partial charge in [0.1, 0.15) is 0 Å². The van der Waals surface area contributed by atoms with Gasteiger partial charge in [0.15, 0.2) is 0 Å². The Balaban J connectivity index is 2.01. The summed E-state index contributed by atoms with van der Waals surface area (Å²) in [5, 5.41) is 12.2. The van der Waals surface area contributed by atoms with Crippen molar-refractivity contribution in [3.8, 4) is 0 Å². The molecule has 4 nitrogen and oxygen atoms in total. The van der Waals surface area contributed by atoms with Gasteiger partial charge in [-0.15, -0.1) is 0 Å². The number of nitrogens with zero attached hydrogens (tertiary/aromatic N) is 1. The molecule has 0 amide bonds. The van der Waals surface area contributed by atoms with Crippen LogP contribution in [0.2, 0.25) is 0 Å². The maximum atomic E-state index is 10.8. The van der Waals surface area contributed by atoms with Gasteiger partial charge in [0.2, 0.25) is 0 Å². The van der Waals surface area contributed by atoms with Crippen molar-refractivity contribution in [3.05, 3.63) is 36.2 Å². The van der Waals surface area contributed by atoms with Crippen molar-refractivity contribution in [1.82, 2.24) is 4.98 Å². The Hall–Kier alpha value is -1.84. The summed E-state index contributed by atoms with van der Waals surface area (Å²) in [7, 11) is 0. The fourth-order valence-corrected chi connectivity index (χ4v) is 1.82. The highest BCUT2D eigenvalue weighted by atomic mass is 16.4. The zero-order valence-electron chi connectivity index (χ0n) is 9.05. The van der Waals surface area contributed by atoms with Crippen molar-refractivity contribution < 1.29 is 9.90 Å². The smallest absolute Gasteiger partial charge is 0.310 e. The molecule has 4 heteroatoms. The van der Waals surface area contributed by atoms with Crippen LogP contribution in [0, 0.1) is 12.8 Å². The Bertz CT molecular complexity index is 429. The van der Waals surface area contributed by atoms with Crippen molar-refractivity contribution in [3.63, 3.8) is 0 Å². The number of nitrogens with one attached hydrogen (secondary N) is 1. The molecule has 0 aromatic carbocycles. The number of pyridine rings is 1. The maximum Gasteiger partial charge on any atom is 0.310 e. The van der Waals surface area contributed by atoms with E-state index in [1.54, 1.807) is 18.5 Å². The van der Waals surface area contributed by atoms with Gasteiger partial charge in [-0.25, -0.2) is 0 Å². The Labute approximate surface area is 94.0 Å². The predicted molar refractivity (Wildman–Crippen MR) is 61.3 cm³/mol. The van der Waals surface area contributed by atoms with Crippen LogP contribution in [0.1, 0.15) is 12.0 Å². The minimum Gasteiger partial charge on any atom is -0.481 e. The van der Waals surface area contributed by atoms with Crippen LogP contribution in [-0.4, -0.2) is 22.1 Å². The van der Waals surface area contributed by atoms with Crippen molar-refractivity contribution in [2.45, 2.75) is 19.4 Å². The van der Waals surface area contributed by atoms with E-state index in [0.29, 0.717) is 6.42 Å². The fourth-order valence-electron chi connectivity index (χ4n) is 1.82. The summed E-state index contributed by atoms with van der Waals surface area (Å²) in [6, 6.07) is 2.00. The third-order valence-corrected chi connectivity index (χ3v) is 2.76. The second kappa shape index (κ2) is 4.35. The molecule has 2 rings (SSSR count). The lowest BCUT2D eigenvalue weighted by atomic mass is 10.1. The fraction of sp³-hybridized carbons (Fsp3) is 0.333. The van der Waals surface area contributed by atoms with Gasteiger partial charge >= 0.3 is 5.97 Å². The van der Waals surface area contributed by atoms with Crippen LogP contribution in [0.4, 0.5) is 5.69 Å². The molecule has 0 saturated carbocycles. The molecule has 2 unspecified atom stereocenters. The number of hydrogen-bond acceptors (Lipinski definition) is 3. The molecule has 2 atom stereocenters. The van der Waals surface area contributed by atoms with Crippen LogP contribution in [-0.2, 0) is 4.79 Å². The molecule has 16 heavy (non-hydrogen) atoms. The summed E-state index contributed by atoms with van der Waals surface area (Å²) in [4.78, 5) is 14.8. The van der Waals surface area contributed by atoms with E-state index < -0.39 is 5.97 Å². The summed E-state index contributed by atoms with van der Waals surface area (Å²) in [5.41, 5.74) is 2.07. The number of carbonyl (C=O) groups is 1. The van der Waals surface area contributed by atoms with Crippen molar-refractivity contribution in [2.24, 2.45) is 5.92 Å². The molecule has 1 heterocycles. The number of aliphatic carboxylic acids is 1. The number of hydrogen-bond donors (Lipinski definition) is 2. The molecule has 84 valence electrons. The van der Waals surface area contributed by atoms with Gasteiger partial charge in [-0.1, -0.05) is 12.2 Å². The Kier molecular flexibility index (Phi) is 2.90. The third kappa shape index (κ3) is 2.21. The summed E-state index contributed by atoms with van der Waals surface area (Å²) in [6.45, 7) is 1.97. The van der Waals surface area contributed by atoms with Gasteiger partial charge in [-0.05, 0) is 25.0 Å². The molecular weight excluding hydrogens is 204 g/mol. The van der Waals surface area contributed by atoms with E-state index in [-0.39, 0.29) is 12.0 Å². The number of aromatic nitrogens is 1. The van der Waals surface area contributed by atoms with Gasteiger partial charge < -0.3 is 10.4 Å². The molecule has 0 saturated heterocycles. The van der Waals surface area contributed by atoms with Gasteiger partial charge in [0.05, 0.1) is 5.92 Å². The second-order valence-electron chi connectivity index (χ2n) is 4.01. The maximum absolute atomic E-state index is 10.8. The van der Waals surface area contributed by atoms with Crippen molar-refractivity contribution >= 4 is 11.7 Å². The average molecular weight is 218 g/mol. The Morgan fingerprint density at radius 1 is 1.56 bits per heavy atom. The lowest BCUT2D eigenvalue weighted by Crippen LogP contribution is -2.19. The zero-order valence-corrected chi connectivity index (χ0v) is 9.05. The van der Waals surface area contributed by atoms with Crippen molar-refractivity contribution in [2.75, 3.05) is 5.32 Å². The highest BCUT2D eigenvalue weighted by Gasteiger charge is 2.24. The van der Waals surface area contributed by atoms with Crippen molar-refractivity contribution in [1.29, 1.82) is 0 Å². The van der Waals surface area contributed by atoms with E-state index in [0.717, 1.165) is 11.3 Å². The Morgan fingerprint density at radius 3 is 3.00 bits per heavy atom. The van der Waals surface area contributed by atoms with Gasteiger partial charge in [-0.3, -0.25) is 9.78 Å². The van der Waals surface area contributed by atoms with Gasteiger partial charge in [-0.2, -0.15) is 0 Å². The lowest BCUT2D eigenvalue weighted by molar-refractivity contribution is -0.140. The lowest BCUT2D eigenvalue weighted by Gasteiger charge is -2.14. The number of aryl methyl sites for hydroxylation is 1. The summed E-state index contributed by atoms with van der Waals surface area (Å²) in [6.07, 6.45) is 7.78.